The van der Waals surface area contributed by atoms with Crippen molar-refractivity contribution in [1.82, 2.24) is 5.10 Å². The summed E-state index contributed by atoms with van der Waals surface area (Å²) in [6.45, 7) is 0.687. The van der Waals surface area contributed by atoms with E-state index in [0.717, 1.165) is 5.69 Å². The molecule has 0 aliphatic heterocycles. The SMILES string of the molecule is COc1cc(CO)[n+](Cc2ccccc2)[nH]1. The summed E-state index contributed by atoms with van der Waals surface area (Å²) in [5, 5.41) is 12.3. The molecular formula is C12H15N2O2+. The van der Waals surface area contributed by atoms with Gasteiger partial charge in [-0.25, -0.2) is 0 Å². The number of aromatic amines is 1. The minimum absolute atomic E-state index is 0.00725. The van der Waals surface area contributed by atoms with E-state index in [1.165, 1.54) is 5.56 Å². The van der Waals surface area contributed by atoms with Gasteiger partial charge in [0.1, 0.15) is 6.61 Å². The van der Waals surface area contributed by atoms with E-state index in [1.807, 2.05) is 35.0 Å². The Morgan fingerprint density at radius 2 is 2.06 bits per heavy atom. The molecular weight excluding hydrogens is 204 g/mol. The quantitative estimate of drug-likeness (QED) is 0.749. The zero-order valence-corrected chi connectivity index (χ0v) is 9.18. The van der Waals surface area contributed by atoms with Gasteiger partial charge >= 0.3 is 0 Å². The number of nitrogens with zero attached hydrogens (tertiary/aromatic N) is 1. The van der Waals surface area contributed by atoms with Gasteiger partial charge in [0, 0.05) is 5.56 Å². The van der Waals surface area contributed by atoms with E-state index in [9.17, 15) is 5.11 Å². The van der Waals surface area contributed by atoms with Crippen molar-refractivity contribution < 1.29 is 14.5 Å². The number of aliphatic hydroxyl groups is 1. The van der Waals surface area contributed by atoms with E-state index < -0.39 is 0 Å². The fourth-order valence-corrected chi connectivity index (χ4v) is 1.61. The van der Waals surface area contributed by atoms with Crippen LogP contribution in [-0.4, -0.2) is 17.3 Å². The summed E-state index contributed by atoms with van der Waals surface area (Å²) in [6.07, 6.45) is 0. The van der Waals surface area contributed by atoms with Crippen LogP contribution in [0, 0.1) is 0 Å². The smallest absolute Gasteiger partial charge is 0.249 e. The minimum Gasteiger partial charge on any atom is -0.479 e. The lowest BCUT2D eigenvalue weighted by Gasteiger charge is -1.96. The lowest BCUT2D eigenvalue weighted by atomic mass is 10.2. The van der Waals surface area contributed by atoms with Gasteiger partial charge in [-0.05, 0) is 0 Å². The van der Waals surface area contributed by atoms with Gasteiger partial charge in [0.2, 0.25) is 11.6 Å². The molecule has 1 aromatic heterocycles. The second-order valence-electron chi connectivity index (χ2n) is 3.55. The number of aromatic nitrogens is 2. The molecule has 2 aromatic rings. The highest BCUT2D eigenvalue weighted by Gasteiger charge is 2.15. The number of methoxy groups -OCH3 is 1. The number of ether oxygens (including phenoxy) is 1. The number of aliphatic hydroxyl groups excluding tert-OH is 1. The van der Waals surface area contributed by atoms with E-state index in [-0.39, 0.29) is 6.61 Å². The van der Waals surface area contributed by atoms with Crippen molar-refractivity contribution in [3.05, 3.63) is 47.7 Å². The molecule has 0 aliphatic rings. The number of H-pyrrole nitrogens is 1. The summed E-state index contributed by atoms with van der Waals surface area (Å²) in [7, 11) is 1.60. The fraction of sp³-hybridized carbons (Fsp3) is 0.250. The Bertz CT molecular complexity index is 451. The number of hydrogen-bond acceptors (Lipinski definition) is 2. The van der Waals surface area contributed by atoms with Gasteiger partial charge in [0.15, 0.2) is 6.54 Å². The maximum atomic E-state index is 9.21. The average Bonchev–Trinajstić information content (AvgIpc) is 2.73. The van der Waals surface area contributed by atoms with Crippen LogP contribution in [0.1, 0.15) is 11.3 Å². The Morgan fingerprint density at radius 3 is 2.69 bits per heavy atom. The van der Waals surface area contributed by atoms with E-state index in [0.29, 0.717) is 12.4 Å². The molecule has 1 heterocycles. The van der Waals surface area contributed by atoms with Gasteiger partial charge in [-0.15, -0.1) is 9.78 Å². The highest BCUT2D eigenvalue weighted by Crippen LogP contribution is 2.07. The summed E-state index contributed by atoms with van der Waals surface area (Å²) in [5.74, 6) is 0.653. The molecule has 4 nitrogen and oxygen atoms in total. The predicted octanol–water partition coefficient (Wildman–Crippen LogP) is 0.851. The van der Waals surface area contributed by atoms with Crippen molar-refractivity contribution >= 4 is 0 Å². The third-order valence-corrected chi connectivity index (χ3v) is 2.45. The van der Waals surface area contributed by atoms with Crippen molar-refractivity contribution in [2.24, 2.45) is 0 Å². The highest BCUT2D eigenvalue weighted by molar-refractivity contribution is 5.14. The Kier molecular flexibility index (Phi) is 3.22. The third-order valence-electron chi connectivity index (χ3n) is 2.45. The van der Waals surface area contributed by atoms with Crippen molar-refractivity contribution in [3.8, 4) is 5.88 Å². The summed E-state index contributed by atoms with van der Waals surface area (Å²) in [4.78, 5) is 0. The summed E-state index contributed by atoms with van der Waals surface area (Å²) < 4.78 is 6.96. The third kappa shape index (κ3) is 2.23. The summed E-state index contributed by atoms with van der Waals surface area (Å²) >= 11 is 0. The molecule has 0 fully saturated rings. The van der Waals surface area contributed by atoms with Gasteiger partial charge in [-0.3, -0.25) is 0 Å². The second kappa shape index (κ2) is 4.81. The lowest BCUT2D eigenvalue weighted by Crippen LogP contribution is -2.39. The molecule has 16 heavy (non-hydrogen) atoms. The van der Waals surface area contributed by atoms with Gasteiger partial charge in [-0.2, -0.15) is 0 Å². The molecule has 2 N–H and O–H groups in total. The van der Waals surface area contributed by atoms with Crippen LogP contribution >= 0.6 is 0 Å². The van der Waals surface area contributed by atoms with Crippen molar-refractivity contribution in [1.29, 1.82) is 0 Å². The Labute approximate surface area is 94.1 Å². The maximum absolute atomic E-state index is 9.21. The molecule has 84 valence electrons. The second-order valence-corrected chi connectivity index (χ2v) is 3.55. The average molecular weight is 219 g/mol. The highest BCUT2D eigenvalue weighted by atomic mass is 16.5. The standard InChI is InChI=1S/C12H14N2O2/c1-16-12-7-11(9-15)14(13-12)8-10-5-3-2-4-6-10/h2-7,15H,8-9H2,1H3/p+1. The molecule has 1 aromatic carbocycles. The predicted molar refractivity (Wildman–Crippen MR) is 59.0 cm³/mol. The summed E-state index contributed by atoms with van der Waals surface area (Å²) in [5.41, 5.74) is 1.98. The largest absolute Gasteiger partial charge is 0.479 e. The molecule has 4 heteroatoms. The molecule has 0 bridgehead atoms. The monoisotopic (exact) mass is 219 g/mol. The Hall–Kier alpha value is -1.81. The molecule has 0 atom stereocenters. The van der Waals surface area contributed by atoms with Crippen LogP contribution in [0.15, 0.2) is 36.4 Å². The van der Waals surface area contributed by atoms with E-state index >= 15 is 0 Å². The van der Waals surface area contributed by atoms with E-state index in [1.54, 1.807) is 13.2 Å². The number of rotatable bonds is 4. The van der Waals surface area contributed by atoms with Crippen LogP contribution in [0.3, 0.4) is 0 Å². The van der Waals surface area contributed by atoms with Crippen molar-refractivity contribution in [2.45, 2.75) is 13.2 Å². The first-order valence-corrected chi connectivity index (χ1v) is 5.14. The van der Waals surface area contributed by atoms with Crippen LogP contribution in [0.5, 0.6) is 5.88 Å². The number of hydrogen-bond donors (Lipinski definition) is 2. The van der Waals surface area contributed by atoms with Gasteiger partial charge in [0.05, 0.1) is 13.2 Å². The van der Waals surface area contributed by atoms with Crippen LogP contribution in [0.4, 0.5) is 0 Å². The van der Waals surface area contributed by atoms with Crippen molar-refractivity contribution in [3.63, 3.8) is 0 Å². The molecule has 0 spiro atoms. The minimum atomic E-state index is -0.00725. The van der Waals surface area contributed by atoms with Gasteiger partial charge in [-0.1, -0.05) is 30.3 Å². The maximum Gasteiger partial charge on any atom is 0.249 e. The fourth-order valence-electron chi connectivity index (χ4n) is 1.61. The zero-order valence-electron chi connectivity index (χ0n) is 9.18. The van der Waals surface area contributed by atoms with Crippen LogP contribution in [0.2, 0.25) is 0 Å². The topological polar surface area (TPSA) is 49.1 Å². The van der Waals surface area contributed by atoms with Crippen LogP contribution in [-0.2, 0) is 13.2 Å². The Morgan fingerprint density at radius 1 is 1.31 bits per heavy atom. The summed E-state index contributed by atoms with van der Waals surface area (Å²) in [6, 6.07) is 11.9. The van der Waals surface area contributed by atoms with Crippen LogP contribution < -0.4 is 9.42 Å². The molecule has 0 unspecified atom stereocenters. The molecule has 0 aliphatic carbocycles. The molecule has 0 saturated carbocycles. The van der Waals surface area contributed by atoms with Crippen molar-refractivity contribution in [2.75, 3.05) is 7.11 Å². The van der Waals surface area contributed by atoms with E-state index in [2.05, 4.69) is 5.10 Å². The Balaban J connectivity index is 2.23. The molecule has 0 radical (unpaired) electrons. The molecule has 0 amide bonds. The molecule has 0 saturated heterocycles. The molecule has 2 rings (SSSR count). The van der Waals surface area contributed by atoms with Gasteiger partial charge < -0.3 is 9.84 Å². The number of benzene rings is 1. The first-order chi connectivity index (χ1) is 7.83. The first-order valence-electron chi connectivity index (χ1n) is 5.14. The van der Waals surface area contributed by atoms with E-state index in [4.69, 9.17) is 4.74 Å². The zero-order chi connectivity index (χ0) is 11.4. The van der Waals surface area contributed by atoms with Crippen LogP contribution in [0.25, 0.3) is 0 Å². The normalized spacial score (nSPS) is 10.4. The first kappa shape index (κ1) is 10.7. The number of nitrogens with one attached hydrogen (secondary N) is 1. The van der Waals surface area contributed by atoms with Gasteiger partial charge in [0.25, 0.3) is 0 Å². The lowest BCUT2D eigenvalue weighted by molar-refractivity contribution is -0.750.